The average Bonchev–Trinajstić information content (AvgIpc) is 2.52. The zero-order chi connectivity index (χ0) is 14.3. The Hall–Kier alpha value is -1.55. The van der Waals surface area contributed by atoms with Crippen molar-refractivity contribution in [3.63, 3.8) is 0 Å². The maximum atomic E-state index is 12.9. The number of benzene rings is 1. The molecule has 2 fully saturated rings. The molecule has 1 saturated heterocycles. The number of carbonyl (C=O) groups is 1. The van der Waals surface area contributed by atoms with Crippen molar-refractivity contribution in [2.45, 2.75) is 43.7 Å². The van der Waals surface area contributed by atoms with Gasteiger partial charge in [0.25, 0.3) is 5.91 Å². The van der Waals surface area contributed by atoms with Crippen molar-refractivity contribution in [3.8, 4) is 5.75 Å². The largest absolute Gasteiger partial charge is 0.480 e. The number of aryl methyl sites for hydroxylation is 1. The van der Waals surface area contributed by atoms with Crippen LogP contribution < -0.4 is 4.74 Å². The summed E-state index contributed by atoms with van der Waals surface area (Å²) >= 11 is 0. The van der Waals surface area contributed by atoms with Crippen LogP contribution in [0, 0.1) is 0 Å². The van der Waals surface area contributed by atoms with Gasteiger partial charge in [0.15, 0.2) is 6.10 Å². The van der Waals surface area contributed by atoms with Crippen LogP contribution in [0.3, 0.4) is 0 Å². The van der Waals surface area contributed by atoms with Crippen molar-refractivity contribution in [3.05, 3.63) is 29.8 Å². The highest BCUT2D eigenvalue weighted by atomic mass is 16.5. The van der Waals surface area contributed by atoms with Crippen molar-refractivity contribution < 1.29 is 14.3 Å². The summed E-state index contributed by atoms with van der Waals surface area (Å²) in [5.41, 5.74) is 1.18. The third kappa shape index (κ3) is 2.13. The molecule has 0 bridgehead atoms. The van der Waals surface area contributed by atoms with Crippen molar-refractivity contribution >= 4 is 5.91 Å². The number of morpholine rings is 1. The minimum Gasteiger partial charge on any atom is -0.480 e. The molecule has 112 valence electrons. The summed E-state index contributed by atoms with van der Waals surface area (Å²) in [5, 5.41) is 0. The monoisotopic (exact) mass is 287 g/mol. The highest BCUT2D eigenvalue weighted by Crippen LogP contribution is 2.40. The third-order valence-electron chi connectivity index (χ3n) is 5.15. The predicted molar refractivity (Wildman–Crippen MR) is 78.3 cm³/mol. The van der Waals surface area contributed by atoms with Crippen LogP contribution in [0.2, 0.25) is 0 Å². The summed E-state index contributed by atoms with van der Waals surface area (Å²) in [6.07, 6.45) is 4.72. The molecule has 1 aromatic carbocycles. The quantitative estimate of drug-likeness (QED) is 0.794. The number of fused-ring (bicyclic) bond motifs is 1. The first-order valence-electron chi connectivity index (χ1n) is 7.92. The Morgan fingerprint density at radius 3 is 2.95 bits per heavy atom. The number of ether oxygens (including phenoxy) is 2. The van der Waals surface area contributed by atoms with Crippen LogP contribution in [0.4, 0.5) is 0 Å². The summed E-state index contributed by atoms with van der Waals surface area (Å²) in [6.45, 7) is 2.05. The Bertz CT molecular complexity index is 553. The fraction of sp³-hybridized carbons (Fsp3) is 0.588. The van der Waals surface area contributed by atoms with Crippen LogP contribution in [0.25, 0.3) is 0 Å². The minimum absolute atomic E-state index is 0.0321. The van der Waals surface area contributed by atoms with Gasteiger partial charge in [-0.1, -0.05) is 18.2 Å². The molecule has 3 aliphatic rings. The van der Waals surface area contributed by atoms with Gasteiger partial charge in [0.2, 0.25) is 0 Å². The lowest BCUT2D eigenvalue weighted by atomic mass is 9.75. The number of nitrogens with zero attached hydrogens (tertiary/aromatic N) is 1. The molecule has 4 rings (SSSR count). The lowest BCUT2D eigenvalue weighted by Crippen LogP contribution is -2.65. The molecule has 2 heterocycles. The van der Waals surface area contributed by atoms with Gasteiger partial charge in [-0.05, 0) is 43.7 Å². The van der Waals surface area contributed by atoms with E-state index in [1.807, 2.05) is 18.2 Å². The van der Waals surface area contributed by atoms with Crippen LogP contribution in [0.15, 0.2) is 24.3 Å². The molecule has 1 atom stereocenters. The highest BCUT2D eigenvalue weighted by molar-refractivity contribution is 5.82. The highest BCUT2D eigenvalue weighted by Gasteiger charge is 2.48. The molecular weight excluding hydrogens is 266 g/mol. The molecule has 0 N–H and O–H groups in total. The zero-order valence-electron chi connectivity index (χ0n) is 12.2. The number of hydrogen-bond acceptors (Lipinski definition) is 3. The molecule has 1 aromatic rings. The SMILES string of the molecule is O=C(C1CCc2ccccc2O1)N1CCOCC12CCC2. The third-order valence-corrected chi connectivity index (χ3v) is 5.15. The second-order valence-electron chi connectivity index (χ2n) is 6.37. The van der Waals surface area contributed by atoms with Gasteiger partial charge in [-0.25, -0.2) is 0 Å². The molecule has 4 nitrogen and oxygen atoms in total. The van der Waals surface area contributed by atoms with Crippen LogP contribution in [0.1, 0.15) is 31.2 Å². The molecule has 1 aliphatic carbocycles. The van der Waals surface area contributed by atoms with E-state index in [1.54, 1.807) is 0 Å². The molecule has 4 heteroatoms. The first kappa shape index (κ1) is 13.1. The van der Waals surface area contributed by atoms with Crippen LogP contribution in [0.5, 0.6) is 5.75 Å². The van der Waals surface area contributed by atoms with Gasteiger partial charge >= 0.3 is 0 Å². The van der Waals surface area contributed by atoms with E-state index >= 15 is 0 Å². The Morgan fingerprint density at radius 2 is 2.14 bits per heavy atom. The van der Waals surface area contributed by atoms with Crippen LogP contribution >= 0.6 is 0 Å². The van der Waals surface area contributed by atoms with Gasteiger partial charge in [-0.3, -0.25) is 4.79 Å². The second kappa shape index (κ2) is 5.02. The van der Waals surface area contributed by atoms with E-state index in [2.05, 4.69) is 11.0 Å². The number of amides is 1. The van der Waals surface area contributed by atoms with E-state index in [0.29, 0.717) is 19.8 Å². The fourth-order valence-corrected chi connectivity index (χ4v) is 3.75. The summed E-state index contributed by atoms with van der Waals surface area (Å²) in [4.78, 5) is 15.0. The van der Waals surface area contributed by atoms with Gasteiger partial charge in [0, 0.05) is 6.54 Å². The van der Waals surface area contributed by atoms with Gasteiger partial charge < -0.3 is 14.4 Å². The van der Waals surface area contributed by atoms with Gasteiger partial charge in [0.1, 0.15) is 5.75 Å². The Labute approximate surface area is 125 Å². The van der Waals surface area contributed by atoms with E-state index in [-0.39, 0.29) is 17.6 Å². The number of para-hydroxylation sites is 1. The number of rotatable bonds is 1. The lowest BCUT2D eigenvalue weighted by Gasteiger charge is -2.53. The summed E-state index contributed by atoms with van der Waals surface area (Å²) < 4.78 is 11.6. The normalized spacial score (nSPS) is 26.7. The summed E-state index contributed by atoms with van der Waals surface area (Å²) in [7, 11) is 0. The average molecular weight is 287 g/mol. The molecule has 2 aliphatic heterocycles. The van der Waals surface area contributed by atoms with Crippen molar-refractivity contribution in [1.29, 1.82) is 0 Å². The first-order valence-corrected chi connectivity index (χ1v) is 7.92. The molecule has 21 heavy (non-hydrogen) atoms. The van der Waals surface area contributed by atoms with E-state index in [4.69, 9.17) is 9.47 Å². The Morgan fingerprint density at radius 1 is 1.29 bits per heavy atom. The van der Waals surface area contributed by atoms with E-state index in [0.717, 1.165) is 31.4 Å². The molecular formula is C17H21NO3. The second-order valence-corrected chi connectivity index (χ2v) is 6.37. The molecule has 1 saturated carbocycles. The fourth-order valence-electron chi connectivity index (χ4n) is 3.75. The van der Waals surface area contributed by atoms with Crippen molar-refractivity contribution in [2.75, 3.05) is 19.8 Å². The van der Waals surface area contributed by atoms with Gasteiger partial charge in [0.05, 0.1) is 18.8 Å². The number of hydrogen-bond donors (Lipinski definition) is 0. The molecule has 1 unspecified atom stereocenters. The summed E-state index contributed by atoms with van der Waals surface area (Å²) in [5.74, 6) is 1.03. The Balaban J connectivity index is 1.53. The Kier molecular flexibility index (Phi) is 3.14. The lowest BCUT2D eigenvalue weighted by molar-refractivity contribution is -0.166. The predicted octanol–water partition coefficient (Wildman–Crippen LogP) is 2.16. The molecule has 0 radical (unpaired) electrons. The summed E-state index contributed by atoms with van der Waals surface area (Å²) in [6, 6.07) is 8.04. The maximum absolute atomic E-state index is 12.9. The minimum atomic E-state index is -0.324. The standard InChI is InChI=1S/C17H21NO3/c19-16(18-10-11-20-12-17(18)8-3-9-17)15-7-6-13-4-1-2-5-14(13)21-15/h1-2,4-5,15H,3,6-12H2. The molecule has 1 amide bonds. The molecule has 1 spiro atoms. The maximum Gasteiger partial charge on any atom is 0.264 e. The van der Waals surface area contributed by atoms with Crippen molar-refractivity contribution in [1.82, 2.24) is 4.90 Å². The van der Waals surface area contributed by atoms with E-state index < -0.39 is 0 Å². The van der Waals surface area contributed by atoms with Crippen LogP contribution in [-0.2, 0) is 16.0 Å². The van der Waals surface area contributed by atoms with Crippen molar-refractivity contribution in [2.24, 2.45) is 0 Å². The van der Waals surface area contributed by atoms with E-state index in [1.165, 1.54) is 12.0 Å². The number of carbonyl (C=O) groups excluding carboxylic acids is 1. The molecule has 0 aromatic heterocycles. The smallest absolute Gasteiger partial charge is 0.264 e. The van der Waals surface area contributed by atoms with E-state index in [9.17, 15) is 4.79 Å². The zero-order valence-corrected chi connectivity index (χ0v) is 12.2. The van der Waals surface area contributed by atoms with Gasteiger partial charge in [-0.2, -0.15) is 0 Å². The topological polar surface area (TPSA) is 38.8 Å². The van der Waals surface area contributed by atoms with Crippen LogP contribution in [-0.4, -0.2) is 42.2 Å². The first-order chi connectivity index (χ1) is 10.3. The van der Waals surface area contributed by atoms with Gasteiger partial charge in [-0.15, -0.1) is 0 Å².